The molecule has 4 heteroatoms. The Morgan fingerprint density at radius 3 is 2.08 bits per heavy atom. The van der Waals surface area contributed by atoms with Gasteiger partial charge in [-0.1, -0.05) is 107 Å². The molecule has 0 saturated heterocycles. The number of quaternary nitrogens is 1. The molecule has 0 bridgehead atoms. The van der Waals surface area contributed by atoms with Crippen LogP contribution in [0.4, 0.5) is 0 Å². The van der Waals surface area contributed by atoms with Crippen molar-refractivity contribution in [2.24, 2.45) is 0 Å². The molecule has 2 rings (SSSR count). The highest BCUT2D eigenvalue weighted by atomic mass is 16.7. The lowest BCUT2D eigenvalue weighted by molar-refractivity contribution is -0.920. The van der Waals surface area contributed by atoms with Gasteiger partial charge in [0.05, 0.1) is 14.1 Å². The fourth-order valence-corrected chi connectivity index (χ4v) is 4.91. The summed E-state index contributed by atoms with van der Waals surface area (Å²) >= 11 is 0. The largest absolute Gasteiger partial charge is 0.455 e. The van der Waals surface area contributed by atoms with Crippen molar-refractivity contribution in [2.45, 2.75) is 110 Å². The third kappa shape index (κ3) is 10.7. The van der Waals surface area contributed by atoms with E-state index >= 15 is 0 Å². The van der Waals surface area contributed by atoms with Gasteiger partial charge in [-0.3, -0.25) is 0 Å². The standard InChI is InChI=1S/C32H50NO3/c1-6-8-9-10-11-12-13-17-23-29-24-18-19-25-31(29)35-27(3)36-32(34)30(20-7-2)33(4,5)26-28-21-15-14-16-22-28/h14-16,18-19,21-22,24-25,27,30H,6-13,17,20,23,26H2,1-5H3/q+1. The van der Waals surface area contributed by atoms with Gasteiger partial charge >= 0.3 is 5.97 Å². The van der Waals surface area contributed by atoms with Crippen LogP contribution in [0.2, 0.25) is 0 Å². The van der Waals surface area contributed by atoms with E-state index in [4.69, 9.17) is 9.47 Å². The Labute approximate surface area is 220 Å². The number of nitrogens with zero attached hydrogens (tertiary/aromatic N) is 1. The predicted octanol–water partition coefficient (Wildman–Crippen LogP) is 8.08. The molecule has 2 atom stereocenters. The van der Waals surface area contributed by atoms with Gasteiger partial charge in [-0.15, -0.1) is 0 Å². The maximum atomic E-state index is 13.3. The minimum atomic E-state index is -0.631. The number of benzene rings is 2. The first-order valence-electron chi connectivity index (χ1n) is 14.2. The normalized spacial score (nSPS) is 13.2. The van der Waals surface area contributed by atoms with E-state index in [1.807, 2.05) is 37.3 Å². The van der Waals surface area contributed by atoms with Crippen LogP contribution in [0, 0.1) is 0 Å². The van der Waals surface area contributed by atoms with Gasteiger partial charge in [0.25, 0.3) is 0 Å². The second-order valence-corrected chi connectivity index (χ2v) is 10.7. The van der Waals surface area contributed by atoms with Crippen molar-refractivity contribution in [1.82, 2.24) is 0 Å². The summed E-state index contributed by atoms with van der Waals surface area (Å²) in [7, 11) is 4.22. The van der Waals surface area contributed by atoms with Crippen LogP contribution >= 0.6 is 0 Å². The Morgan fingerprint density at radius 1 is 0.806 bits per heavy atom. The van der Waals surface area contributed by atoms with E-state index in [0.717, 1.165) is 38.0 Å². The summed E-state index contributed by atoms with van der Waals surface area (Å²) < 4.78 is 12.6. The molecule has 0 spiro atoms. The molecule has 0 N–H and O–H groups in total. The lowest BCUT2D eigenvalue weighted by atomic mass is 10.0. The molecule has 2 aromatic rings. The van der Waals surface area contributed by atoms with Gasteiger partial charge in [0.2, 0.25) is 6.29 Å². The smallest absolute Gasteiger partial charge is 0.368 e. The number of hydrogen-bond acceptors (Lipinski definition) is 3. The van der Waals surface area contributed by atoms with Gasteiger partial charge in [0, 0.05) is 18.9 Å². The van der Waals surface area contributed by atoms with Crippen LogP contribution < -0.4 is 4.74 Å². The van der Waals surface area contributed by atoms with E-state index in [2.05, 4.69) is 52.2 Å². The molecule has 0 saturated carbocycles. The zero-order chi connectivity index (χ0) is 26.2. The van der Waals surface area contributed by atoms with Gasteiger partial charge in [-0.25, -0.2) is 4.79 Å². The van der Waals surface area contributed by atoms with Crippen LogP contribution in [-0.4, -0.2) is 36.9 Å². The molecular weight excluding hydrogens is 446 g/mol. The average Bonchev–Trinajstić information content (AvgIpc) is 2.85. The molecule has 2 aromatic carbocycles. The first kappa shape index (κ1) is 29.9. The summed E-state index contributed by atoms with van der Waals surface area (Å²) in [6, 6.07) is 18.3. The number of unbranched alkanes of at least 4 members (excludes halogenated alkanes) is 7. The number of para-hydroxylation sites is 1. The molecule has 0 aliphatic rings. The van der Waals surface area contributed by atoms with Crippen molar-refractivity contribution in [3.63, 3.8) is 0 Å². The number of aryl methyl sites for hydroxylation is 1. The maximum Gasteiger partial charge on any atom is 0.368 e. The highest BCUT2D eigenvalue weighted by Crippen LogP contribution is 2.24. The molecule has 0 aliphatic heterocycles. The number of rotatable bonds is 18. The topological polar surface area (TPSA) is 35.5 Å². The van der Waals surface area contributed by atoms with Crippen molar-refractivity contribution in [3.05, 3.63) is 65.7 Å². The van der Waals surface area contributed by atoms with Gasteiger partial charge < -0.3 is 14.0 Å². The molecule has 2 unspecified atom stereocenters. The van der Waals surface area contributed by atoms with Crippen molar-refractivity contribution < 1.29 is 18.8 Å². The van der Waals surface area contributed by atoms with E-state index in [1.165, 1.54) is 56.1 Å². The zero-order valence-electron chi connectivity index (χ0n) is 23.5. The quantitative estimate of drug-likeness (QED) is 0.0905. The minimum absolute atomic E-state index is 0.189. The second kappa shape index (κ2) is 16.4. The van der Waals surface area contributed by atoms with Crippen LogP contribution in [0.15, 0.2) is 54.6 Å². The number of carbonyl (C=O) groups excluding carboxylic acids is 1. The molecule has 0 radical (unpaired) electrons. The molecule has 0 aliphatic carbocycles. The van der Waals surface area contributed by atoms with E-state index in [9.17, 15) is 4.79 Å². The van der Waals surface area contributed by atoms with Crippen LogP contribution in [0.3, 0.4) is 0 Å². The Hall–Kier alpha value is -2.33. The fourth-order valence-electron chi connectivity index (χ4n) is 4.91. The fraction of sp³-hybridized carbons (Fsp3) is 0.594. The Balaban J connectivity index is 1.89. The Kier molecular flexibility index (Phi) is 13.6. The van der Waals surface area contributed by atoms with Crippen molar-refractivity contribution >= 4 is 5.97 Å². The lowest BCUT2D eigenvalue weighted by Gasteiger charge is -2.37. The van der Waals surface area contributed by atoms with Crippen LogP contribution in [0.25, 0.3) is 0 Å². The van der Waals surface area contributed by atoms with Crippen molar-refractivity contribution in [2.75, 3.05) is 14.1 Å². The SMILES string of the molecule is CCCCCCCCCCc1ccccc1OC(C)OC(=O)C(CCC)[N+](C)(C)Cc1ccccc1. The van der Waals surface area contributed by atoms with Crippen LogP contribution in [-0.2, 0) is 22.5 Å². The van der Waals surface area contributed by atoms with Crippen LogP contribution in [0.5, 0.6) is 5.75 Å². The lowest BCUT2D eigenvalue weighted by Crippen LogP contribution is -2.53. The molecule has 0 fully saturated rings. The Morgan fingerprint density at radius 2 is 1.42 bits per heavy atom. The summed E-state index contributed by atoms with van der Waals surface area (Å²) in [5.74, 6) is 0.636. The van der Waals surface area contributed by atoms with Gasteiger partial charge in [-0.05, 0) is 30.9 Å². The number of likely N-dealkylation sites (N-methyl/N-ethyl adjacent to an activating group) is 1. The van der Waals surface area contributed by atoms with Crippen molar-refractivity contribution in [3.8, 4) is 5.75 Å². The van der Waals surface area contributed by atoms with Gasteiger partial charge in [0.1, 0.15) is 12.3 Å². The highest BCUT2D eigenvalue weighted by Gasteiger charge is 2.36. The summed E-state index contributed by atoms with van der Waals surface area (Å²) in [5.41, 5.74) is 2.41. The summed E-state index contributed by atoms with van der Waals surface area (Å²) in [4.78, 5) is 13.3. The first-order chi connectivity index (χ1) is 17.4. The molecule has 4 nitrogen and oxygen atoms in total. The van der Waals surface area contributed by atoms with E-state index < -0.39 is 6.29 Å². The number of hydrogen-bond donors (Lipinski definition) is 0. The third-order valence-corrected chi connectivity index (χ3v) is 6.96. The zero-order valence-corrected chi connectivity index (χ0v) is 23.5. The highest BCUT2D eigenvalue weighted by molar-refractivity contribution is 5.74. The monoisotopic (exact) mass is 496 g/mol. The summed E-state index contributed by atoms with van der Waals surface area (Å²) in [6.07, 6.45) is 12.5. The molecule has 0 amide bonds. The molecular formula is C32H50NO3+. The van der Waals surface area contributed by atoms with Gasteiger partial charge in [0.15, 0.2) is 6.04 Å². The van der Waals surface area contributed by atoms with Crippen LogP contribution in [0.1, 0.15) is 96.1 Å². The molecule has 0 heterocycles. The second-order valence-electron chi connectivity index (χ2n) is 10.7. The molecule has 200 valence electrons. The number of carbonyl (C=O) groups is 1. The first-order valence-corrected chi connectivity index (χ1v) is 14.2. The minimum Gasteiger partial charge on any atom is -0.455 e. The predicted molar refractivity (Wildman–Crippen MR) is 150 cm³/mol. The van der Waals surface area contributed by atoms with E-state index in [0.29, 0.717) is 4.48 Å². The number of esters is 1. The maximum absolute atomic E-state index is 13.3. The summed E-state index contributed by atoms with van der Waals surface area (Å²) in [6.45, 7) is 6.98. The number of ether oxygens (including phenoxy) is 2. The summed E-state index contributed by atoms with van der Waals surface area (Å²) in [5, 5.41) is 0. The van der Waals surface area contributed by atoms with Gasteiger partial charge in [-0.2, -0.15) is 0 Å². The molecule has 0 aromatic heterocycles. The molecule has 36 heavy (non-hydrogen) atoms. The third-order valence-electron chi connectivity index (χ3n) is 6.96. The Bertz CT molecular complexity index is 865. The van der Waals surface area contributed by atoms with E-state index in [-0.39, 0.29) is 12.0 Å². The van der Waals surface area contributed by atoms with E-state index in [1.54, 1.807) is 0 Å². The van der Waals surface area contributed by atoms with Crippen molar-refractivity contribution in [1.29, 1.82) is 0 Å². The average molecular weight is 497 g/mol.